The molecule has 2 aromatic heterocycles. The van der Waals surface area contributed by atoms with E-state index < -0.39 is 10.0 Å². The summed E-state index contributed by atoms with van der Waals surface area (Å²) in [6.07, 6.45) is 2.09. The van der Waals surface area contributed by atoms with E-state index >= 15 is 0 Å². The molecule has 0 aliphatic heterocycles. The van der Waals surface area contributed by atoms with E-state index in [1.165, 1.54) is 35.6 Å². The molecule has 0 saturated carbocycles. The van der Waals surface area contributed by atoms with E-state index in [1.54, 1.807) is 0 Å². The molecule has 4 aromatic rings. The van der Waals surface area contributed by atoms with Crippen LogP contribution in [0.1, 0.15) is 5.69 Å². The number of thiazole rings is 1. The first-order chi connectivity index (χ1) is 13.4. The molecule has 0 aliphatic rings. The summed E-state index contributed by atoms with van der Waals surface area (Å²) >= 11 is 1.47. The molecule has 0 unspecified atom stereocenters. The smallest absolute Gasteiger partial charge is 0.238 e. The highest BCUT2D eigenvalue weighted by Crippen LogP contribution is 2.24. The van der Waals surface area contributed by atoms with Crippen molar-refractivity contribution in [2.24, 2.45) is 5.14 Å². The van der Waals surface area contributed by atoms with Crippen molar-refractivity contribution in [3.05, 3.63) is 71.9 Å². The summed E-state index contributed by atoms with van der Waals surface area (Å²) in [5.41, 5.74) is 3.20. The van der Waals surface area contributed by atoms with Gasteiger partial charge in [-0.05, 0) is 24.3 Å². The fourth-order valence-corrected chi connectivity index (χ4v) is 4.19. The Hall–Kier alpha value is -3.01. The molecule has 1 amide bonds. The standard InChI is InChI=1S/C19H16N4O3S2/c20-28(25,26)16-8-6-14(7-9-16)21-18(24)10-15-12-27-19-22-17(11-23(15)19)13-4-2-1-3-5-13/h1-9,11-12H,10H2,(H,21,24)(H2,20,25,26). The Kier molecular flexibility index (Phi) is 4.71. The van der Waals surface area contributed by atoms with E-state index in [0.717, 1.165) is 21.9 Å². The van der Waals surface area contributed by atoms with Crippen LogP contribution >= 0.6 is 11.3 Å². The molecule has 2 heterocycles. The summed E-state index contributed by atoms with van der Waals surface area (Å²) in [5.74, 6) is -0.210. The highest BCUT2D eigenvalue weighted by Gasteiger charge is 2.13. The second kappa shape index (κ2) is 7.19. The number of anilines is 1. The minimum Gasteiger partial charge on any atom is -0.326 e. The van der Waals surface area contributed by atoms with E-state index in [2.05, 4.69) is 10.3 Å². The van der Waals surface area contributed by atoms with Gasteiger partial charge in [0.1, 0.15) is 0 Å². The number of rotatable bonds is 5. The van der Waals surface area contributed by atoms with Crippen LogP contribution in [0.3, 0.4) is 0 Å². The van der Waals surface area contributed by atoms with Crippen LogP contribution in [0.2, 0.25) is 0 Å². The predicted molar refractivity (Wildman–Crippen MR) is 109 cm³/mol. The van der Waals surface area contributed by atoms with E-state index in [0.29, 0.717) is 5.69 Å². The van der Waals surface area contributed by atoms with Gasteiger partial charge in [0.05, 0.1) is 17.0 Å². The first-order valence-corrected chi connectivity index (χ1v) is 10.8. The molecule has 4 rings (SSSR count). The average Bonchev–Trinajstić information content (AvgIpc) is 3.24. The van der Waals surface area contributed by atoms with Crippen LogP contribution in [0.5, 0.6) is 0 Å². The van der Waals surface area contributed by atoms with Crippen molar-refractivity contribution < 1.29 is 13.2 Å². The van der Waals surface area contributed by atoms with Crippen molar-refractivity contribution in [1.29, 1.82) is 0 Å². The Balaban J connectivity index is 1.50. The molecular formula is C19H16N4O3S2. The molecule has 0 spiro atoms. The number of primary sulfonamides is 1. The molecule has 0 fully saturated rings. The van der Waals surface area contributed by atoms with Crippen LogP contribution in [0.4, 0.5) is 5.69 Å². The van der Waals surface area contributed by atoms with Gasteiger partial charge < -0.3 is 5.32 Å². The highest BCUT2D eigenvalue weighted by molar-refractivity contribution is 7.89. The van der Waals surface area contributed by atoms with Crippen molar-refractivity contribution in [3.63, 3.8) is 0 Å². The fourth-order valence-electron chi connectivity index (χ4n) is 2.80. The van der Waals surface area contributed by atoms with Gasteiger partial charge in [0.25, 0.3) is 0 Å². The number of nitrogens with one attached hydrogen (secondary N) is 1. The van der Waals surface area contributed by atoms with Crippen LogP contribution in [-0.2, 0) is 21.2 Å². The SMILES string of the molecule is NS(=O)(=O)c1ccc(NC(=O)Cc2csc3nc(-c4ccccc4)cn23)cc1. The number of imidazole rings is 1. The van der Waals surface area contributed by atoms with Gasteiger partial charge in [-0.2, -0.15) is 0 Å². The van der Waals surface area contributed by atoms with Crippen molar-refractivity contribution in [3.8, 4) is 11.3 Å². The number of carbonyl (C=O) groups is 1. The molecule has 9 heteroatoms. The van der Waals surface area contributed by atoms with Gasteiger partial charge in [-0.1, -0.05) is 30.3 Å². The third-order valence-electron chi connectivity index (χ3n) is 4.16. The van der Waals surface area contributed by atoms with E-state index in [-0.39, 0.29) is 17.2 Å². The van der Waals surface area contributed by atoms with Crippen LogP contribution in [0, 0.1) is 0 Å². The number of nitrogens with zero attached hydrogens (tertiary/aromatic N) is 2. The first-order valence-electron chi connectivity index (χ1n) is 8.34. The molecule has 0 radical (unpaired) electrons. The Morgan fingerprint density at radius 2 is 1.82 bits per heavy atom. The molecular weight excluding hydrogens is 396 g/mol. The number of sulfonamides is 1. The number of amides is 1. The van der Waals surface area contributed by atoms with E-state index in [9.17, 15) is 13.2 Å². The number of aromatic nitrogens is 2. The largest absolute Gasteiger partial charge is 0.326 e. The van der Waals surface area contributed by atoms with Gasteiger partial charge >= 0.3 is 0 Å². The summed E-state index contributed by atoms with van der Waals surface area (Å²) in [4.78, 5) is 17.8. The zero-order valence-corrected chi connectivity index (χ0v) is 16.2. The Labute approximate surface area is 165 Å². The first kappa shape index (κ1) is 18.4. The molecule has 0 atom stereocenters. The molecule has 0 aliphatic carbocycles. The van der Waals surface area contributed by atoms with Gasteiger partial charge in [-0.25, -0.2) is 18.5 Å². The van der Waals surface area contributed by atoms with Crippen LogP contribution < -0.4 is 10.5 Å². The lowest BCUT2D eigenvalue weighted by Crippen LogP contribution is -2.16. The number of carbonyl (C=O) groups excluding carboxylic acids is 1. The number of benzene rings is 2. The molecule has 7 nitrogen and oxygen atoms in total. The van der Waals surface area contributed by atoms with Crippen molar-refractivity contribution >= 4 is 37.9 Å². The maximum absolute atomic E-state index is 12.4. The van der Waals surface area contributed by atoms with Gasteiger partial charge in [-0.3, -0.25) is 9.20 Å². The van der Waals surface area contributed by atoms with Crippen LogP contribution in [0.25, 0.3) is 16.2 Å². The minimum absolute atomic E-state index is 0.00287. The second-order valence-electron chi connectivity index (χ2n) is 6.17. The number of fused-ring (bicyclic) bond motifs is 1. The van der Waals surface area contributed by atoms with Gasteiger partial charge in [0, 0.05) is 28.5 Å². The highest BCUT2D eigenvalue weighted by atomic mass is 32.2. The molecule has 28 heavy (non-hydrogen) atoms. The molecule has 142 valence electrons. The average molecular weight is 412 g/mol. The van der Waals surface area contributed by atoms with Crippen LogP contribution in [-0.4, -0.2) is 23.7 Å². The molecule has 0 bridgehead atoms. The summed E-state index contributed by atoms with van der Waals surface area (Å²) in [7, 11) is -3.76. The summed E-state index contributed by atoms with van der Waals surface area (Å²) in [5, 5.41) is 9.73. The maximum atomic E-state index is 12.4. The number of hydrogen-bond donors (Lipinski definition) is 2. The predicted octanol–water partition coefficient (Wildman–Crippen LogP) is 2.89. The zero-order chi connectivity index (χ0) is 19.7. The maximum Gasteiger partial charge on any atom is 0.238 e. The van der Waals surface area contributed by atoms with Gasteiger partial charge in [0.15, 0.2) is 4.96 Å². The third-order valence-corrected chi connectivity index (χ3v) is 5.98. The lowest BCUT2D eigenvalue weighted by molar-refractivity contribution is -0.115. The van der Waals surface area contributed by atoms with Gasteiger partial charge in [-0.15, -0.1) is 11.3 Å². The zero-order valence-electron chi connectivity index (χ0n) is 14.6. The summed E-state index contributed by atoms with van der Waals surface area (Å²) in [6.45, 7) is 0. The Bertz CT molecular complexity index is 1240. The lowest BCUT2D eigenvalue weighted by atomic mass is 10.2. The Morgan fingerprint density at radius 1 is 1.11 bits per heavy atom. The third kappa shape index (κ3) is 3.81. The number of hydrogen-bond acceptors (Lipinski definition) is 5. The topological polar surface area (TPSA) is 107 Å². The van der Waals surface area contributed by atoms with E-state index in [4.69, 9.17) is 5.14 Å². The fraction of sp³-hybridized carbons (Fsp3) is 0.0526. The van der Waals surface area contributed by atoms with Crippen molar-refractivity contribution in [2.75, 3.05) is 5.32 Å². The summed E-state index contributed by atoms with van der Waals surface area (Å²) < 4.78 is 24.5. The quantitative estimate of drug-likeness (QED) is 0.526. The molecule has 2 aromatic carbocycles. The summed E-state index contributed by atoms with van der Waals surface area (Å²) in [6, 6.07) is 15.6. The monoisotopic (exact) mass is 412 g/mol. The molecule has 3 N–H and O–H groups in total. The Morgan fingerprint density at radius 3 is 2.50 bits per heavy atom. The van der Waals surface area contributed by atoms with Gasteiger partial charge in [0.2, 0.25) is 15.9 Å². The lowest BCUT2D eigenvalue weighted by Gasteiger charge is -2.06. The van der Waals surface area contributed by atoms with E-state index in [1.807, 2.05) is 46.3 Å². The number of nitrogens with two attached hydrogens (primary N) is 1. The van der Waals surface area contributed by atoms with Crippen molar-refractivity contribution in [1.82, 2.24) is 9.38 Å². The normalized spacial score (nSPS) is 11.6. The minimum atomic E-state index is -3.76. The van der Waals surface area contributed by atoms with Crippen molar-refractivity contribution in [2.45, 2.75) is 11.3 Å². The van der Waals surface area contributed by atoms with Crippen LogP contribution in [0.15, 0.2) is 71.1 Å². The molecule has 0 saturated heterocycles. The second-order valence-corrected chi connectivity index (χ2v) is 8.56.